The second-order valence-corrected chi connectivity index (χ2v) is 5.58. The molecule has 0 aliphatic carbocycles. The first-order valence-electron chi connectivity index (χ1n) is 5.45. The van der Waals surface area contributed by atoms with Crippen molar-refractivity contribution in [1.29, 1.82) is 0 Å². The lowest BCUT2D eigenvalue weighted by Gasteiger charge is -2.07. The molecule has 0 unspecified atom stereocenters. The van der Waals surface area contributed by atoms with E-state index in [1.54, 1.807) is 25.1 Å². The van der Waals surface area contributed by atoms with Crippen molar-refractivity contribution in [3.63, 3.8) is 0 Å². The van der Waals surface area contributed by atoms with Crippen LogP contribution in [-0.4, -0.2) is 27.2 Å². The van der Waals surface area contributed by atoms with E-state index in [-0.39, 0.29) is 0 Å². The standard InChI is InChI=1S/C11H12Cl2N4OS/c1-7-15-16-11(17(7)14)19-5-4-18-10-3-2-8(12)6-9(10)13/h2-3,6H,4-5,14H2,1H3. The van der Waals surface area contributed by atoms with Crippen LogP contribution in [0.25, 0.3) is 0 Å². The number of nitrogen functional groups attached to an aromatic ring is 1. The quantitative estimate of drug-likeness (QED) is 0.521. The molecule has 0 aliphatic heterocycles. The maximum absolute atomic E-state index is 5.99. The Morgan fingerprint density at radius 2 is 2.16 bits per heavy atom. The van der Waals surface area contributed by atoms with Crippen LogP contribution in [0.15, 0.2) is 23.4 Å². The van der Waals surface area contributed by atoms with Crippen molar-refractivity contribution >= 4 is 35.0 Å². The maximum atomic E-state index is 5.99. The summed E-state index contributed by atoms with van der Waals surface area (Å²) < 4.78 is 6.99. The number of halogens is 2. The average Bonchev–Trinajstić information content (AvgIpc) is 2.68. The lowest BCUT2D eigenvalue weighted by Crippen LogP contribution is -2.12. The van der Waals surface area contributed by atoms with Gasteiger partial charge in [-0.15, -0.1) is 10.2 Å². The molecule has 1 heterocycles. The molecule has 0 saturated carbocycles. The van der Waals surface area contributed by atoms with Gasteiger partial charge in [-0.25, -0.2) is 4.68 Å². The minimum absolute atomic E-state index is 0.484. The number of rotatable bonds is 5. The number of nitrogens with two attached hydrogens (primary N) is 1. The van der Waals surface area contributed by atoms with Gasteiger partial charge >= 0.3 is 0 Å². The highest BCUT2D eigenvalue weighted by Gasteiger charge is 2.07. The molecule has 19 heavy (non-hydrogen) atoms. The number of hydrogen-bond donors (Lipinski definition) is 1. The molecule has 0 spiro atoms. The number of hydrogen-bond acceptors (Lipinski definition) is 5. The van der Waals surface area contributed by atoms with Crippen molar-refractivity contribution in [3.05, 3.63) is 34.1 Å². The van der Waals surface area contributed by atoms with Crippen molar-refractivity contribution in [3.8, 4) is 5.75 Å². The van der Waals surface area contributed by atoms with E-state index < -0.39 is 0 Å². The minimum atomic E-state index is 0.484. The van der Waals surface area contributed by atoms with E-state index in [4.69, 9.17) is 33.8 Å². The van der Waals surface area contributed by atoms with E-state index in [1.165, 1.54) is 16.4 Å². The summed E-state index contributed by atoms with van der Waals surface area (Å²) in [7, 11) is 0. The smallest absolute Gasteiger partial charge is 0.209 e. The van der Waals surface area contributed by atoms with Crippen LogP contribution in [0, 0.1) is 6.92 Å². The van der Waals surface area contributed by atoms with E-state index in [2.05, 4.69) is 10.2 Å². The van der Waals surface area contributed by atoms with Crippen molar-refractivity contribution in [2.24, 2.45) is 0 Å². The zero-order valence-corrected chi connectivity index (χ0v) is 12.5. The van der Waals surface area contributed by atoms with Gasteiger partial charge in [-0.3, -0.25) is 0 Å². The van der Waals surface area contributed by atoms with Gasteiger partial charge in [0.15, 0.2) is 0 Å². The molecule has 0 aliphatic rings. The Balaban J connectivity index is 1.82. The average molecular weight is 319 g/mol. The molecule has 1 aromatic heterocycles. The fourth-order valence-corrected chi connectivity index (χ4v) is 2.51. The van der Waals surface area contributed by atoms with Gasteiger partial charge in [0.05, 0.1) is 11.6 Å². The lowest BCUT2D eigenvalue weighted by molar-refractivity contribution is 0.344. The molecule has 8 heteroatoms. The summed E-state index contributed by atoms with van der Waals surface area (Å²) >= 11 is 13.3. The van der Waals surface area contributed by atoms with Crippen molar-refractivity contribution in [2.75, 3.05) is 18.2 Å². The fourth-order valence-electron chi connectivity index (χ4n) is 1.33. The summed E-state index contributed by atoms with van der Waals surface area (Å²) in [5, 5.41) is 9.54. The molecule has 5 nitrogen and oxygen atoms in total. The number of aromatic nitrogens is 3. The Kier molecular flexibility index (Phi) is 4.79. The van der Waals surface area contributed by atoms with Gasteiger partial charge in [-0.2, -0.15) is 0 Å². The molecule has 2 N–H and O–H groups in total. The van der Waals surface area contributed by atoms with Crippen molar-refractivity contribution < 1.29 is 4.74 Å². The summed E-state index contributed by atoms with van der Waals surface area (Å²) in [5.74, 6) is 7.70. The summed E-state index contributed by atoms with van der Waals surface area (Å²) in [6, 6.07) is 5.12. The molecule has 2 rings (SSSR count). The van der Waals surface area contributed by atoms with Gasteiger partial charge in [0.2, 0.25) is 5.16 Å². The molecule has 0 amide bonds. The van der Waals surface area contributed by atoms with E-state index in [1.807, 2.05) is 0 Å². The summed E-state index contributed by atoms with van der Waals surface area (Å²) in [4.78, 5) is 0. The second-order valence-electron chi connectivity index (χ2n) is 3.67. The summed E-state index contributed by atoms with van der Waals surface area (Å²) in [6.07, 6.45) is 0. The molecule has 0 bridgehead atoms. The predicted molar refractivity (Wildman–Crippen MR) is 77.6 cm³/mol. The molecule has 102 valence electrons. The van der Waals surface area contributed by atoms with Gasteiger partial charge in [0.25, 0.3) is 0 Å². The Hall–Kier alpha value is -1.11. The lowest BCUT2D eigenvalue weighted by atomic mass is 10.3. The van der Waals surface area contributed by atoms with Crippen LogP contribution in [0.2, 0.25) is 10.0 Å². The Morgan fingerprint density at radius 1 is 1.37 bits per heavy atom. The molecule has 1 aromatic carbocycles. The first kappa shape index (κ1) is 14.3. The third kappa shape index (κ3) is 3.68. The Morgan fingerprint density at radius 3 is 2.79 bits per heavy atom. The van der Waals surface area contributed by atoms with E-state index in [0.29, 0.717) is 39.1 Å². The minimum Gasteiger partial charge on any atom is -0.491 e. The van der Waals surface area contributed by atoms with Gasteiger partial charge in [0, 0.05) is 10.8 Å². The van der Waals surface area contributed by atoms with E-state index in [0.717, 1.165) is 0 Å². The van der Waals surface area contributed by atoms with E-state index >= 15 is 0 Å². The zero-order valence-electron chi connectivity index (χ0n) is 10.1. The molecule has 0 saturated heterocycles. The van der Waals surface area contributed by atoms with Crippen LogP contribution >= 0.6 is 35.0 Å². The third-order valence-electron chi connectivity index (χ3n) is 2.30. The van der Waals surface area contributed by atoms with Crippen LogP contribution in [0.1, 0.15) is 5.82 Å². The van der Waals surface area contributed by atoms with Gasteiger partial charge in [-0.1, -0.05) is 35.0 Å². The highest BCUT2D eigenvalue weighted by molar-refractivity contribution is 7.99. The molecule has 2 aromatic rings. The third-order valence-corrected chi connectivity index (χ3v) is 3.74. The Bertz CT molecular complexity index is 576. The Labute approximate surface area is 125 Å². The number of benzene rings is 1. The van der Waals surface area contributed by atoms with Gasteiger partial charge in [-0.05, 0) is 25.1 Å². The first-order valence-corrected chi connectivity index (χ1v) is 7.20. The maximum Gasteiger partial charge on any atom is 0.209 e. The molecule has 0 radical (unpaired) electrons. The predicted octanol–water partition coefficient (Wildman–Crippen LogP) is 2.78. The molecular weight excluding hydrogens is 307 g/mol. The number of ether oxygens (including phenoxy) is 1. The van der Waals surface area contributed by atoms with Crippen LogP contribution in [0.5, 0.6) is 5.75 Å². The zero-order chi connectivity index (χ0) is 13.8. The van der Waals surface area contributed by atoms with Crippen LogP contribution in [0.3, 0.4) is 0 Å². The fraction of sp³-hybridized carbons (Fsp3) is 0.273. The highest BCUT2D eigenvalue weighted by Crippen LogP contribution is 2.27. The number of aryl methyl sites for hydroxylation is 1. The summed E-state index contributed by atoms with van der Waals surface area (Å²) in [5.41, 5.74) is 0. The van der Waals surface area contributed by atoms with Crippen molar-refractivity contribution in [2.45, 2.75) is 12.1 Å². The monoisotopic (exact) mass is 318 g/mol. The molecule has 0 atom stereocenters. The van der Waals surface area contributed by atoms with Crippen LogP contribution in [-0.2, 0) is 0 Å². The molecule has 0 fully saturated rings. The number of nitrogens with zero attached hydrogens (tertiary/aromatic N) is 3. The molecular formula is C11H12Cl2N4OS. The highest BCUT2D eigenvalue weighted by atomic mass is 35.5. The topological polar surface area (TPSA) is 66.0 Å². The number of thioether (sulfide) groups is 1. The second kappa shape index (κ2) is 6.36. The van der Waals surface area contributed by atoms with Gasteiger partial charge in [0.1, 0.15) is 11.6 Å². The first-order chi connectivity index (χ1) is 9.08. The van der Waals surface area contributed by atoms with Crippen molar-refractivity contribution in [1.82, 2.24) is 14.9 Å². The SMILES string of the molecule is Cc1nnc(SCCOc2ccc(Cl)cc2Cl)n1N. The van der Waals surface area contributed by atoms with Crippen LogP contribution in [0.4, 0.5) is 0 Å². The summed E-state index contributed by atoms with van der Waals surface area (Å²) in [6.45, 7) is 2.28. The van der Waals surface area contributed by atoms with Gasteiger partial charge < -0.3 is 10.6 Å². The normalized spacial score (nSPS) is 10.7. The largest absolute Gasteiger partial charge is 0.491 e. The van der Waals surface area contributed by atoms with Crippen LogP contribution < -0.4 is 10.6 Å². The van der Waals surface area contributed by atoms with E-state index in [9.17, 15) is 0 Å².